The standard InChI is InChI=1S/C22H32N4O2/c1-25(2)12-13-26-11-10-18-15-19(8-9-20(18)26)24-22(28)16-23-21(27)14-17-6-4-3-5-7-17/h8-11,15,17H,3-7,12-14,16H2,1-2H3,(H,23,27)(H,24,28). The molecule has 28 heavy (non-hydrogen) atoms. The Balaban J connectivity index is 1.48. The summed E-state index contributed by atoms with van der Waals surface area (Å²) in [6.45, 7) is 1.92. The number of amides is 2. The van der Waals surface area contributed by atoms with Gasteiger partial charge in [0, 0.05) is 42.3 Å². The van der Waals surface area contributed by atoms with Crippen molar-refractivity contribution >= 4 is 28.4 Å². The highest BCUT2D eigenvalue weighted by Gasteiger charge is 2.17. The van der Waals surface area contributed by atoms with E-state index in [9.17, 15) is 9.59 Å². The normalized spacial score (nSPS) is 15.1. The van der Waals surface area contributed by atoms with E-state index < -0.39 is 0 Å². The number of nitrogens with one attached hydrogen (secondary N) is 2. The summed E-state index contributed by atoms with van der Waals surface area (Å²) in [5.74, 6) is 0.273. The second-order valence-corrected chi connectivity index (χ2v) is 8.12. The number of fused-ring (bicyclic) bond motifs is 1. The summed E-state index contributed by atoms with van der Waals surface area (Å²) in [6.07, 6.45) is 8.60. The Morgan fingerprint density at radius 3 is 2.64 bits per heavy atom. The van der Waals surface area contributed by atoms with Crippen molar-refractivity contribution < 1.29 is 9.59 Å². The predicted molar refractivity (Wildman–Crippen MR) is 113 cm³/mol. The lowest BCUT2D eigenvalue weighted by atomic mass is 9.87. The summed E-state index contributed by atoms with van der Waals surface area (Å²) >= 11 is 0. The van der Waals surface area contributed by atoms with Crippen LogP contribution in [0.15, 0.2) is 30.5 Å². The van der Waals surface area contributed by atoms with E-state index in [1.807, 2.05) is 18.2 Å². The Kier molecular flexibility index (Phi) is 7.09. The zero-order valence-electron chi connectivity index (χ0n) is 17.0. The molecule has 2 aromatic rings. The molecular weight excluding hydrogens is 352 g/mol. The number of carbonyl (C=O) groups excluding carboxylic acids is 2. The smallest absolute Gasteiger partial charge is 0.243 e. The van der Waals surface area contributed by atoms with Crippen LogP contribution in [0.25, 0.3) is 10.9 Å². The van der Waals surface area contributed by atoms with E-state index in [1.54, 1.807) is 0 Å². The van der Waals surface area contributed by atoms with Crippen molar-refractivity contribution in [2.75, 3.05) is 32.5 Å². The lowest BCUT2D eigenvalue weighted by Gasteiger charge is -2.20. The molecule has 0 radical (unpaired) electrons. The van der Waals surface area contributed by atoms with E-state index >= 15 is 0 Å². The molecule has 0 saturated heterocycles. The van der Waals surface area contributed by atoms with Gasteiger partial charge in [0.05, 0.1) is 6.54 Å². The number of hydrogen-bond acceptors (Lipinski definition) is 3. The zero-order valence-corrected chi connectivity index (χ0v) is 17.0. The fraction of sp³-hybridized carbons (Fsp3) is 0.545. The van der Waals surface area contributed by atoms with Gasteiger partial charge in [0.25, 0.3) is 0 Å². The predicted octanol–water partition coefficient (Wildman–Crippen LogP) is 3.23. The number of aromatic nitrogens is 1. The van der Waals surface area contributed by atoms with Crippen LogP contribution in [-0.4, -0.2) is 48.5 Å². The largest absolute Gasteiger partial charge is 0.347 e. The molecular formula is C22H32N4O2. The van der Waals surface area contributed by atoms with Crippen LogP contribution in [0.1, 0.15) is 38.5 Å². The van der Waals surface area contributed by atoms with Crippen molar-refractivity contribution in [3.63, 3.8) is 0 Å². The third kappa shape index (κ3) is 5.83. The van der Waals surface area contributed by atoms with Crippen molar-refractivity contribution in [1.29, 1.82) is 0 Å². The van der Waals surface area contributed by atoms with Crippen molar-refractivity contribution in [2.45, 2.75) is 45.1 Å². The molecule has 1 heterocycles. The van der Waals surface area contributed by atoms with E-state index in [2.05, 4.69) is 46.5 Å². The fourth-order valence-corrected chi connectivity index (χ4v) is 3.89. The maximum atomic E-state index is 12.2. The van der Waals surface area contributed by atoms with Crippen molar-refractivity contribution in [1.82, 2.24) is 14.8 Å². The summed E-state index contributed by atoms with van der Waals surface area (Å²) in [5.41, 5.74) is 1.91. The Labute approximate surface area is 167 Å². The minimum Gasteiger partial charge on any atom is -0.347 e. The van der Waals surface area contributed by atoms with Gasteiger partial charge in [-0.25, -0.2) is 0 Å². The fourth-order valence-electron chi connectivity index (χ4n) is 3.89. The first-order chi connectivity index (χ1) is 13.5. The molecule has 2 N–H and O–H groups in total. The van der Waals surface area contributed by atoms with Crippen LogP contribution < -0.4 is 10.6 Å². The Bertz CT molecular complexity index is 806. The number of benzene rings is 1. The molecule has 1 aromatic carbocycles. The van der Waals surface area contributed by atoms with E-state index in [0.717, 1.165) is 42.5 Å². The molecule has 0 bridgehead atoms. The monoisotopic (exact) mass is 384 g/mol. The molecule has 0 unspecified atom stereocenters. The first kappa shape index (κ1) is 20.4. The average Bonchev–Trinajstić information content (AvgIpc) is 3.08. The highest BCUT2D eigenvalue weighted by Crippen LogP contribution is 2.26. The van der Waals surface area contributed by atoms with Crippen LogP contribution in [0.4, 0.5) is 5.69 Å². The van der Waals surface area contributed by atoms with Crippen LogP contribution >= 0.6 is 0 Å². The minimum absolute atomic E-state index is 0.0181. The third-order valence-corrected chi connectivity index (χ3v) is 5.49. The number of likely N-dealkylation sites (N-methyl/N-ethyl adjacent to an activating group) is 1. The molecule has 2 amide bonds. The molecule has 1 fully saturated rings. The van der Waals surface area contributed by atoms with Crippen LogP contribution in [0.3, 0.4) is 0 Å². The molecule has 0 aliphatic heterocycles. The van der Waals surface area contributed by atoms with Gasteiger partial charge in [-0.1, -0.05) is 19.3 Å². The van der Waals surface area contributed by atoms with E-state index in [4.69, 9.17) is 0 Å². The van der Waals surface area contributed by atoms with Gasteiger partial charge in [0.1, 0.15) is 0 Å². The number of carbonyl (C=O) groups is 2. The third-order valence-electron chi connectivity index (χ3n) is 5.49. The molecule has 1 aliphatic carbocycles. The van der Waals surface area contributed by atoms with Crippen molar-refractivity contribution in [3.05, 3.63) is 30.5 Å². The van der Waals surface area contributed by atoms with Gasteiger partial charge in [0.15, 0.2) is 0 Å². The van der Waals surface area contributed by atoms with Crippen LogP contribution in [0.2, 0.25) is 0 Å². The molecule has 0 spiro atoms. The molecule has 6 nitrogen and oxygen atoms in total. The van der Waals surface area contributed by atoms with E-state index in [-0.39, 0.29) is 18.4 Å². The Morgan fingerprint density at radius 1 is 1.11 bits per heavy atom. The molecule has 6 heteroatoms. The first-order valence-electron chi connectivity index (χ1n) is 10.3. The number of rotatable bonds is 8. The quantitative estimate of drug-likeness (QED) is 0.734. The summed E-state index contributed by atoms with van der Waals surface area (Å²) < 4.78 is 2.21. The molecule has 1 aliphatic rings. The SMILES string of the molecule is CN(C)CCn1ccc2cc(NC(=O)CNC(=O)CC3CCCCC3)ccc21. The van der Waals surface area contributed by atoms with Gasteiger partial charge in [-0.3, -0.25) is 9.59 Å². The molecule has 3 rings (SSSR count). The lowest BCUT2D eigenvalue weighted by Crippen LogP contribution is -2.34. The summed E-state index contributed by atoms with van der Waals surface area (Å²) in [7, 11) is 4.13. The maximum Gasteiger partial charge on any atom is 0.243 e. The van der Waals surface area contributed by atoms with E-state index in [1.165, 1.54) is 19.3 Å². The molecule has 0 atom stereocenters. The second kappa shape index (κ2) is 9.73. The zero-order chi connectivity index (χ0) is 19.9. The van der Waals surface area contributed by atoms with Crippen LogP contribution in [0.5, 0.6) is 0 Å². The maximum absolute atomic E-state index is 12.2. The van der Waals surface area contributed by atoms with Crippen LogP contribution in [0, 0.1) is 5.92 Å². The van der Waals surface area contributed by atoms with Crippen molar-refractivity contribution in [2.24, 2.45) is 5.92 Å². The van der Waals surface area contributed by atoms with Crippen molar-refractivity contribution in [3.8, 4) is 0 Å². The average molecular weight is 385 g/mol. The highest BCUT2D eigenvalue weighted by molar-refractivity contribution is 5.96. The number of nitrogens with zero attached hydrogens (tertiary/aromatic N) is 2. The van der Waals surface area contributed by atoms with Gasteiger partial charge in [-0.05, 0) is 57.1 Å². The van der Waals surface area contributed by atoms with Gasteiger partial charge in [-0.15, -0.1) is 0 Å². The highest BCUT2D eigenvalue weighted by atomic mass is 16.2. The Hall–Kier alpha value is -2.34. The first-order valence-corrected chi connectivity index (χ1v) is 10.3. The summed E-state index contributed by atoms with van der Waals surface area (Å²) in [4.78, 5) is 26.4. The topological polar surface area (TPSA) is 66.4 Å². The van der Waals surface area contributed by atoms with Gasteiger partial charge in [0.2, 0.25) is 11.8 Å². The number of anilines is 1. The Morgan fingerprint density at radius 2 is 1.89 bits per heavy atom. The van der Waals surface area contributed by atoms with Crippen LogP contribution in [-0.2, 0) is 16.1 Å². The summed E-state index contributed by atoms with van der Waals surface area (Å²) in [5, 5.41) is 6.74. The number of hydrogen-bond donors (Lipinski definition) is 2. The lowest BCUT2D eigenvalue weighted by molar-refractivity contribution is -0.125. The van der Waals surface area contributed by atoms with Gasteiger partial charge in [-0.2, -0.15) is 0 Å². The van der Waals surface area contributed by atoms with Gasteiger partial charge >= 0.3 is 0 Å². The van der Waals surface area contributed by atoms with Gasteiger partial charge < -0.3 is 20.1 Å². The molecule has 1 saturated carbocycles. The molecule has 1 aromatic heterocycles. The second-order valence-electron chi connectivity index (χ2n) is 8.12. The minimum atomic E-state index is -0.191. The summed E-state index contributed by atoms with van der Waals surface area (Å²) in [6, 6.07) is 7.98. The molecule has 152 valence electrons. The van der Waals surface area contributed by atoms with E-state index in [0.29, 0.717) is 12.3 Å².